The molecule has 0 amide bonds. The molecule has 9 nitrogen and oxygen atoms in total. The first-order chi connectivity index (χ1) is 17.7. The van der Waals surface area contributed by atoms with Crippen molar-refractivity contribution in [2.45, 2.75) is 0 Å². The van der Waals surface area contributed by atoms with Gasteiger partial charge < -0.3 is 18.3 Å². The van der Waals surface area contributed by atoms with Gasteiger partial charge in [-0.05, 0) is 42.0 Å². The highest BCUT2D eigenvalue weighted by molar-refractivity contribution is 6.09. The monoisotopic (exact) mass is 476 g/mol. The molecule has 36 heavy (non-hydrogen) atoms. The highest BCUT2D eigenvalue weighted by atomic mass is 16.7. The van der Waals surface area contributed by atoms with Gasteiger partial charge in [0.05, 0.1) is 23.6 Å². The van der Waals surface area contributed by atoms with Crippen LogP contribution in [-0.2, 0) is 0 Å². The third-order valence-electron chi connectivity index (χ3n) is 5.92. The normalized spacial score (nSPS) is 12.8. The van der Waals surface area contributed by atoms with Crippen molar-refractivity contribution in [3.05, 3.63) is 95.2 Å². The zero-order valence-electron chi connectivity index (χ0n) is 18.6. The topological polar surface area (TPSA) is 105 Å². The summed E-state index contributed by atoms with van der Waals surface area (Å²) in [6.45, 7) is 0.183. The fourth-order valence-electron chi connectivity index (χ4n) is 4.21. The second-order valence-electron chi connectivity index (χ2n) is 8.11. The second kappa shape index (κ2) is 7.95. The Labute approximate surface area is 202 Å². The van der Waals surface area contributed by atoms with Gasteiger partial charge in [-0.1, -0.05) is 30.3 Å². The number of pyridine rings is 1. The predicted octanol–water partition coefficient (Wildman–Crippen LogP) is 5.08. The summed E-state index contributed by atoms with van der Waals surface area (Å²) in [5.41, 5.74) is 3.35. The lowest BCUT2D eigenvalue weighted by molar-refractivity contribution is 0.174. The zero-order chi connectivity index (χ0) is 24.1. The average Bonchev–Trinajstić information content (AvgIpc) is 3.68. The Morgan fingerprint density at radius 1 is 0.972 bits per heavy atom. The number of benzene rings is 2. The second-order valence-corrected chi connectivity index (χ2v) is 8.11. The van der Waals surface area contributed by atoms with Crippen molar-refractivity contribution < 1.29 is 18.3 Å². The van der Waals surface area contributed by atoms with Crippen molar-refractivity contribution in [1.29, 1.82) is 0 Å². The minimum absolute atomic E-state index is 0.0563. The van der Waals surface area contributed by atoms with Gasteiger partial charge in [-0.2, -0.15) is 9.78 Å². The number of fused-ring (bicyclic) bond motifs is 4. The lowest BCUT2D eigenvalue weighted by Gasteiger charge is -2.05. The van der Waals surface area contributed by atoms with Gasteiger partial charge in [0, 0.05) is 11.1 Å². The smallest absolute Gasteiger partial charge is 0.317 e. The van der Waals surface area contributed by atoms with Crippen molar-refractivity contribution >= 4 is 28.4 Å². The molecule has 0 bridgehead atoms. The van der Waals surface area contributed by atoms with Crippen LogP contribution in [0.25, 0.3) is 44.8 Å². The maximum atomic E-state index is 13.3. The van der Waals surface area contributed by atoms with Crippen LogP contribution in [0.2, 0.25) is 0 Å². The summed E-state index contributed by atoms with van der Waals surface area (Å²) in [4.78, 5) is 22.5. The Kier molecular flexibility index (Phi) is 4.46. The summed E-state index contributed by atoms with van der Waals surface area (Å²) in [6.07, 6.45) is 4.50. The van der Waals surface area contributed by atoms with E-state index in [1.165, 1.54) is 6.33 Å². The van der Waals surface area contributed by atoms with Gasteiger partial charge >= 0.3 is 5.56 Å². The Morgan fingerprint density at radius 2 is 1.86 bits per heavy atom. The molecule has 1 aliphatic rings. The summed E-state index contributed by atoms with van der Waals surface area (Å²) >= 11 is 0. The largest absolute Gasteiger partial charge is 0.464 e. The van der Waals surface area contributed by atoms with E-state index in [1.807, 2.05) is 48.5 Å². The maximum absolute atomic E-state index is 13.3. The van der Waals surface area contributed by atoms with E-state index in [1.54, 1.807) is 30.7 Å². The van der Waals surface area contributed by atoms with Crippen molar-refractivity contribution in [2.24, 2.45) is 5.10 Å². The Bertz CT molecular complexity index is 1840. The summed E-state index contributed by atoms with van der Waals surface area (Å²) < 4.78 is 23.5. The molecule has 7 rings (SSSR count). The molecule has 5 heterocycles. The Hall–Kier alpha value is -5.18. The van der Waals surface area contributed by atoms with E-state index in [0.717, 1.165) is 21.4 Å². The number of ether oxygens (including phenoxy) is 2. The van der Waals surface area contributed by atoms with Crippen LogP contribution in [0.15, 0.2) is 98.1 Å². The summed E-state index contributed by atoms with van der Waals surface area (Å²) in [7, 11) is 0. The van der Waals surface area contributed by atoms with E-state index in [2.05, 4.69) is 10.1 Å². The van der Waals surface area contributed by atoms with Gasteiger partial charge in [0.2, 0.25) is 18.1 Å². The van der Waals surface area contributed by atoms with Crippen LogP contribution in [0.1, 0.15) is 5.56 Å². The standard InChI is InChI=1S/C27H16N4O5/c32-27-25-24(28-14-31(27)29-13-16-8-9-21-22(11-16)35-15-34-21)23-18(20-7-4-10-33-20)12-19(30-26(23)36-25)17-5-2-1-3-6-17/h1-14H,15H2/b29-13-. The lowest BCUT2D eigenvalue weighted by atomic mass is 10.0. The molecule has 6 aromatic rings. The molecule has 0 fully saturated rings. The van der Waals surface area contributed by atoms with E-state index in [0.29, 0.717) is 39.6 Å². The number of aromatic nitrogens is 3. The first-order valence-electron chi connectivity index (χ1n) is 11.1. The molecule has 0 unspecified atom stereocenters. The number of hydrogen-bond donors (Lipinski definition) is 0. The molecule has 0 aliphatic carbocycles. The molecule has 0 N–H and O–H groups in total. The number of nitrogens with zero attached hydrogens (tertiary/aromatic N) is 4. The van der Waals surface area contributed by atoms with Gasteiger partial charge in [-0.25, -0.2) is 9.97 Å². The first kappa shape index (κ1) is 20.2. The Morgan fingerprint density at radius 3 is 2.72 bits per heavy atom. The number of rotatable bonds is 4. The van der Waals surface area contributed by atoms with Crippen LogP contribution < -0.4 is 15.0 Å². The molecule has 4 aromatic heterocycles. The minimum atomic E-state index is -0.457. The van der Waals surface area contributed by atoms with Gasteiger partial charge in [0.25, 0.3) is 0 Å². The molecule has 174 valence electrons. The zero-order valence-corrected chi connectivity index (χ0v) is 18.6. The highest BCUT2D eigenvalue weighted by Crippen LogP contribution is 2.37. The van der Waals surface area contributed by atoms with Crippen LogP contribution in [0.5, 0.6) is 11.5 Å². The van der Waals surface area contributed by atoms with Crippen LogP contribution in [-0.4, -0.2) is 27.7 Å². The first-order valence-corrected chi connectivity index (χ1v) is 11.1. The molecule has 0 radical (unpaired) electrons. The van der Waals surface area contributed by atoms with Gasteiger partial charge in [-0.15, -0.1) is 0 Å². The van der Waals surface area contributed by atoms with E-state index < -0.39 is 5.56 Å². The fourth-order valence-corrected chi connectivity index (χ4v) is 4.21. The van der Waals surface area contributed by atoms with Crippen LogP contribution in [0.3, 0.4) is 0 Å². The van der Waals surface area contributed by atoms with Crippen LogP contribution >= 0.6 is 0 Å². The third-order valence-corrected chi connectivity index (χ3v) is 5.92. The van der Waals surface area contributed by atoms with Crippen molar-refractivity contribution in [2.75, 3.05) is 6.79 Å². The average molecular weight is 476 g/mol. The predicted molar refractivity (Wildman–Crippen MR) is 132 cm³/mol. The number of furan rings is 2. The molecule has 1 aliphatic heterocycles. The molecule has 9 heteroatoms. The Balaban J connectivity index is 1.38. The van der Waals surface area contributed by atoms with Gasteiger partial charge in [0.1, 0.15) is 17.6 Å². The molecular formula is C27H16N4O5. The van der Waals surface area contributed by atoms with Gasteiger partial charge in [-0.3, -0.25) is 4.79 Å². The molecule has 0 saturated carbocycles. The molecule has 0 saturated heterocycles. The summed E-state index contributed by atoms with van der Waals surface area (Å²) in [5, 5.41) is 4.88. The minimum Gasteiger partial charge on any atom is -0.464 e. The van der Waals surface area contributed by atoms with Crippen molar-refractivity contribution in [3.8, 4) is 34.1 Å². The number of hydrogen-bond acceptors (Lipinski definition) is 8. The summed E-state index contributed by atoms with van der Waals surface area (Å²) in [6, 6.07) is 20.7. The van der Waals surface area contributed by atoms with Crippen LogP contribution in [0, 0.1) is 0 Å². The summed E-state index contributed by atoms with van der Waals surface area (Å²) in [5.74, 6) is 1.92. The molecule has 0 atom stereocenters. The van der Waals surface area contributed by atoms with E-state index in [4.69, 9.17) is 23.3 Å². The van der Waals surface area contributed by atoms with Gasteiger partial charge in [0.15, 0.2) is 11.5 Å². The lowest BCUT2D eigenvalue weighted by Crippen LogP contribution is -2.16. The highest BCUT2D eigenvalue weighted by Gasteiger charge is 2.21. The van der Waals surface area contributed by atoms with E-state index in [-0.39, 0.29) is 12.4 Å². The third kappa shape index (κ3) is 3.25. The van der Waals surface area contributed by atoms with Crippen molar-refractivity contribution in [3.63, 3.8) is 0 Å². The SMILES string of the molecule is O=c1c2oc3nc(-c4ccccc4)cc(-c4ccco4)c3c2ncn1/N=C\c1ccc2c(c1)OCO2. The van der Waals surface area contributed by atoms with E-state index in [9.17, 15) is 4.79 Å². The quantitative estimate of drug-likeness (QED) is 0.327. The van der Waals surface area contributed by atoms with E-state index >= 15 is 0 Å². The fraction of sp³-hybridized carbons (Fsp3) is 0.0370. The van der Waals surface area contributed by atoms with Crippen molar-refractivity contribution in [1.82, 2.24) is 14.6 Å². The maximum Gasteiger partial charge on any atom is 0.317 e. The molecule has 0 spiro atoms. The molecular weight excluding hydrogens is 460 g/mol. The molecule has 2 aromatic carbocycles. The van der Waals surface area contributed by atoms with Crippen LogP contribution in [0.4, 0.5) is 0 Å².